The van der Waals surface area contributed by atoms with Gasteiger partial charge in [0.15, 0.2) is 0 Å². The highest BCUT2D eigenvalue weighted by Crippen LogP contribution is 2.24. The molecule has 0 radical (unpaired) electrons. The van der Waals surface area contributed by atoms with Gasteiger partial charge in [-0.25, -0.2) is 0 Å². The summed E-state index contributed by atoms with van der Waals surface area (Å²) < 4.78 is 2.24. The SMILES string of the molecule is Cc1cc(C)c(Cn2ccc3cccc(CO)c32)c(C)c1. The number of rotatable bonds is 3. The number of fused-ring (bicyclic) bond motifs is 1. The lowest BCUT2D eigenvalue weighted by Gasteiger charge is -2.14. The molecule has 0 fully saturated rings. The van der Waals surface area contributed by atoms with Crippen molar-refractivity contribution < 1.29 is 5.11 Å². The van der Waals surface area contributed by atoms with Crippen molar-refractivity contribution in [1.82, 2.24) is 4.57 Å². The largest absolute Gasteiger partial charge is 0.392 e. The minimum Gasteiger partial charge on any atom is -0.392 e. The lowest BCUT2D eigenvalue weighted by molar-refractivity contribution is 0.283. The van der Waals surface area contributed by atoms with Crippen LogP contribution in [0.4, 0.5) is 0 Å². The fourth-order valence-corrected chi connectivity index (χ4v) is 3.23. The zero-order valence-electron chi connectivity index (χ0n) is 12.9. The number of hydrogen-bond acceptors (Lipinski definition) is 1. The van der Waals surface area contributed by atoms with Gasteiger partial charge in [0, 0.05) is 18.3 Å². The molecule has 0 bridgehead atoms. The Kier molecular flexibility index (Phi) is 3.56. The summed E-state index contributed by atoms with van der Waals surface area (Å²) in [5, 5.41) is 10.8. The molecule has 0 amide bonds. The fraction of sp³-hybridized carbons (Fsp3) is 0.263. The summed E-state index contributed by atoms with van der Waals surface area (Å²) in [5.74, 6) is 0. The second-order valence-corrected chi connectivity index (χ2v) is 5.83. The van der Waals surface area contributed by atoms with Gasteiger partial charge in [0.25, 0.3) is 0 Å². The van der Waals surface area contributed by atoms with Gasteiger partial charge in [-0.2, -0.15) is 0 Å². The van der Waals surface area contributed by atoms with Crippen LogP contribution in [0.2, 0.25) is 0 Å². The van der Waals surface area contributed by atoms with E-state index in [0.29, 0.717) is 0 Å². The normalized spacial score (nSPS) is 11.2. The molecule has 0 unspecified atom stereocenters. The Bertz CT molecular complexity index is 775. The van der Waals surface area contributed by atoms with Gasteiger partial charge >= 0.3 is 0 Å². The van der Waals surface area contributed by atoms with Crippen LogP contribution in [0.3, 0.4) is 0 Å². The van der Waals surface area contributed by atoms with Crippen LogP contribution < -0.4 is 0 Å². The lowest BCUT2D eigenvalue weighted by Crippen LogP contribution is -2.04. The van der Waals surface area contributed by atoms with E-state index in [4.69, 9.17) is 0 Å². The molecule has 3 aromatic rings. The van der Waals surface area contributed by atoms with Crippen molar-refractivity contribution in [3.05, 3.63) is 70.4 Å². The molecular weight excluding hydrogens is 258 g/mol. The molecule has 0 spiro atoms. The van der Waals surface area contributed by atoms with Crippen LogP contribution in [0, 0.1) is 20.8 Å². The molecule has 0 aliphatic rings. The second-order valence-electron chi connectivity index (χ2n) is 5.83. The molecule has 21 heavy (non-hydrogen) atoms. The van der Waals surface area contributed by atoms with Gasteiger partial charge in [-0.3, -0.25) is 0 Å². The predicted octanol–water partition coefficient (Wildman–Crippen LogP) is 4.11. The van der Waals surface area contributed by atoms with Crippen molar-refractivity contribution in [2.75, 3.05) is 0 Å². The van der Waals surface area contributed by atoms with Crippen molar-refractivity contribution >= 4 is 10.9 Å². The molecule has 1 aromatic heterocycles. The first kappa shape index (κ1) is 13.9. The van der Waals surface area contributed by atoms with Crippen LogP contribution in [0.15, 0.2) is 42.6 Å². The van der Waals surface area contributed by atoms with E-state index in [0.717, 1.165) is 17.6 Å². The Hall–Kier alpha value is -2.06. The summed E-state index contributed by atoms with van der Waals surface area (Å²) in [6.07, 6.45) is 2.11. The Balaban J connectivity index is 2.11. The standard InChI is InChI=1S/C19H21NO/c1-13-9-14(2)18(15(3)10-13)11-20-8-7-16-5-4-6-17(12-21)19(16)20/h4-10,21H,11-12H2,1-3H3. The number of para-hydroxylation sites is 1. The Morgan fingerprint density at radius 1 is 1.00 bits per heavy atom. The van der Waals surface area contributed by atoms with Crippen LogP contribution in [0.25, 0.3) is 10.9 Å². The molecule has 1 heterocycles. The highest BCUT2D eigenvalue weighted by atomic mass is 16.3. The Morgan fingerprint density at radius 3 is 2.38 bits per heavy atom. The topological polar surface area (TPSA) is 25.2 Å². The number of benzene rings is 2. The van der Waals surface area contributed by atoms with Gasteiger partial charge in [-0.05, 0) is 48.9 Å². The van der Waals surface area contributed by atoms with E-state index >= 15 is 0 Å². The first-order valence-corrected chi connectivity index (χ1v) is 7.34. The summed E-state index contributed by atoms with van der Waals surface area (Å²) >= 11 is 0. The number of aliphatic hydroxyl groups excluding tert-OH is 1. The number of aromatic nitrogens is 1. The van der Waals surface area contributed by atoms with Crippen LogP contribution in [-0.4, -0.2) is 9.67 Å². The van der Waals surface area contributed by atoms with Crippen molar-refractivity contribution in [3.63, 3.8) is 0 Å². The minimum absolute atomic E-state index is 0.0766. The third-order valence-electron chi connectivity index (χ3n) is 4.21. The number of hydrogen-bond donors (Lipinski definition) is 1. The summed E-state index contributed by atoms with van der Waals surface area (Å²) in [6, 6.07) is 12.7. The minimum atomic E-state index is 0.0766. The van der Waals surface area contributed by atoms with Crippen molar-refractivity contribution in [3.8, 4) is 0 Å². The maximum Gasteiger partial charge on any atom is 0.0702 e. The van der Waals surface area contributed by atoms with Crippen LogP contribution in [-0.2, 0) is 13.2 Å². The number of aliphatic hydroxyl groups is 1. The Morgan fingerprint density at radius 2 is 1.71 bits per heavy atom. The van der Waals surface area contributed by atoms with Crippen LogP contribution >= 0.6 is 0 Å². The first-order chi connectivity index (χ1) is 10.1. The molecule has 0 aliphatic carbocycles. The molecule has 0 atom stereocenters. The van der Waals surface area contributed by atoms with E-state index in [9.17, 15) is 5.11 Å². The molecular formula is C19H21NO. The van der Waals surface area contributed by atoms with E-state index in [-0.39, 0.29) is 6.61 Å². The van der Waals surface area contributed by atoms with Gasteiger partial charge in [-0.1, -0.05) is 35.9 Å². The van der Waals surface area contributed by atoms with E-state index in [1.54, 1.807) is 0 Å². The highest BCUT2D eigenvalue weighted by Gasteiger charge is 2.09. The predicted molar refractivity (Wildman–Crippen MR) is 87.6 cm³/mol. The first-order valence-electron chi connectivity index (χ1n) is 7.34. The van der Waals surface area contributed by atoms with E-state index in [2.05, 4.69) is 55.8 Å². The maximum absolute atomic E-state index is 9.58. The summed E-state index contributed by atoms with van der Waals surface area (Å²) in [6.45, 7) is 7.41. The highest BCUT2D eigenvalue weighted by molar-refractivity contribution is 5.83. The van der Waals surface area contributed by atoms with Gasteiger partial charge in [-0.15, -0.1) is 0 Å². The molecule has 108 valence electrons. The quantitative estimate of drug-likeness (QED) is 0.767. The zero-order chi connectivity index (χ0) is 15.0. The molecule has 1 N–H and O–H groups in total. The third kappa shape index (κ3) is 2.47. The fourth-order valence-electron chi connectivity index (χ4n) is 3.23. The molecule has 2 nitrogen and oxygen atoms in total. The lowest BCUT2D eigenvalue weighted by atomic mass is 9.99. The summed E-state index contributed by atoms with van der Waals surface area (Å²) in [4.78, 5) is 0. The van der Waals surface area contributed by atoms with E-state index in [1.165, 1.54) is 27.6 Å². The van der Waals surface area contributed by atoms with Crippen LogP contribution in [0.5, 0.6) is 0 Å². The summed E-state index contributed by atoms with van der Waals surface area (Å²) in [5.41, 5.74) is 7.46. The molecule has 2 heteroatoms. The smallest absolute Gasteiger partial charge is 0.0702 e. The molecule has 2 aromatic carbocycles. The third-order valence-corrected chi connectivity index (χ3v) is 4.21. The van der Waals surface area contributed by atoms with Gasteiger partial charge < -0.3 is 9.67 Å². The number of nitrogens with zero attached hydrogens (tertiary/aromatic N) is 1. The zero-order valence-corrected chi connectivity index (χ0v) is 12.9. The second kappa shape index (κ2) is 5.38. The van der Waals surface area contributed by atoms with Gasteiger partial charge in [0.05, 0.1) is 12.1 Å². The number of aryl methyl sites for hydroxylation is 3. The van der Waals surface area contributed by atoms with Crippen molar-refractivity contribution in [2.45, 2.75) is 33.9 Å². The molecule has 0 saturated carbocycles. The maximum atomic E-state index is 9.58. The van der Waals surface area contributed by atoms with E-state index < -0.39 is 0 Å². The Labute approximate surface area is 125 Å². The van der Waals surface area contributed by atoms with Crippen molar-refractivity contribution in [2.24, 2.45) is 0 Å². The van der Waals surface area contributed by atoms with Gasteiger partial charge in [0.1, 0.15) is 0 Å². The van der Waals surface area contributed by atoms with Crippen LogP contribution in [0.1, 0.15) is 27.8 Å². The molecule has 3 rings (SSSR count). The van der Waals surface area contributed by atoms with Crippen molar-refractivity contribution in [1.29, 1.82) is 0 Å². The van der Waals surface area contributed by atoms with E-state index in [1.807, 2.05) is 12.1 Å². The average molecular weight is 279 g/mol. The monoisotopic (exact) mass is 279 g/mol. The average Bonchev–Trinajstić information content (AvgIpc) is 2.86. The summed E-state index contributed by atoms with van der Waals surface area (Å²) in [7, 11) is 0. The van der Waals surface area contributed by atoms with Gasteiger partial charge in [0.2, 0.25) is 0 Å². The molecule has 0 saturated heterocycles. The molecule has 0 aliphatic heterocycles.